The first-order valence-corrected chi connectivity index (χ1v) is 4.88. The van der Waals surface area contributed by atoms with Crippen LogP contribution in [0.5, 0.6) is 0 Å². The van der Waals surface area contributed by atoms with Gasteiger partial charge in [-0.2, -0.15) is 0 Å². The highest BCUT2D eigenvalue weighted by Gasteiger charge is 2.34. The minimum absolute atomic E-state index is 0.206. The van der Waals surface area contributed by atoms with E-state index in [1.54, 1.807) is 12.1 Å². The Morgan fingerprint density at radius 3 is 2.62 bits per heavy atom. The van der Waals surface area contributed by atoms with E-state index in [0.717, 1.165) is 0 Å². The first-order chi connectivity index (χ1) is 7.79. The Kier molecular flexibility index (Phi) is 1.87. The lowest BCUT2D eigenvalue weighted by molar-refractivity contribution is 0.0225. The maximum absolute atomic E-state index is 11.4. The van der Waals surface area contributed by atoms with Gasteiger partial charge in [-0.05, 0) is 12.1 Å². The van der Waals surface area contributed by atoms with Crippen LogP contribution in [0.1, 0.15) is 22.3 Å². The number of benzene rings is 1. The van der Waals surface area contributed by atoms with Gasteiger partial charge in [-0.15, -0.1) is 0 Å². The van der Waals surface area contributed by atoms with E-state index in [0.29, 0.717) is 16.7 Å². The Morgan fingerprint density at radius 2 is 1.94 bits per heavy atom. The van der Waals surface area contributed by atoms with Crippen LogP contribution in [0.3, 0.4) is 0 Å². The normalized spacial score (nSPS) is 18.6. The van der Waals surface area contributed by atoms with Crippen LogP contribution >= 0.6 is 0 Å². The van der Waals surface area contributed by atoms with Crippen molar-refractivity contribution in [3.63, 3.8) is 0 Å². The molecule has 0 radical (unpaired) electrons. The molecule has 5 heteroatoms. The molecule has 1 N–H and O–H groups in total. The number of para-hydroxylation sites is 2. The molecule has 0 unspecified atom stereocenters. The number of hydrogen-bond acceptors (Lipinski definition) is 5. The van der Waals surface area contributed by atoms with Gasteiger partial charge in [0.15, 0.2) is 11.8 Å². The van der Waals surface area contributed by atoms with E-state index in [1.807, 2.05) is 12.1 Å². The standard InChI is InChI=1S/C11H8N2O3/c14-5-8-9-10(11(15)16-8)13-7-4-2-1-3-6(7)12-9/h1-4,8,14H,5H2/t8-/m1/s1. The van der Waals surface area contributed by atoms with E-state index >= 15 is 0 Å². The van der Waals surface area contributed by atoms with Crippen LogP contribution < -0.4 is 0 Å². The SMILES string of the molecule is O=C1O[C@H](CO)c2nc3ccccc3nc21. The van der Waals surface area contributed by atoms with E-state index in [2.05, 4.69) is 9.97 Å². The number of carbonyl (C=O) groups is 1. The zero-order valence-corrected chi connectivity index (χ0v) is 8.25. The maximum atomic E-state index is 11.4. The number of aliphatic hydroxyl groups is 1. The molecule has 1 aromatic heterocycles. The quantitative estimate of drug-likeness (QED) is 0.715. The molecule has 0 spiro atoms. The molecule has 0 saturated carbocycles. The molecule has 2 heterocycles. The topological polar surface area (TPSA) is 72.3 Å². The van der Waals surface area contributed by atoms with Crippen molar-refractivity contribution in [3.8, 4) is 0 Å². The molecule has 16 heavy (non-hydrogen) atoms. The van der Waals surface area contributed by atoms with Crippen molar-refractivity contribution < 1.29 is 14.6 Å². The summed E-state index contributed by atoms with van der Waals surface area (Å²) < 4.78 is 4.94. The fraction of sp³-hybridized carbons (Fsp3) is 0.182. The number of cyclic esters (lactones) is 1. The van der Waals surface area contributed by atoms with Crippen LogP contribution in [0.2, 0.25) is 0 Å². The zero-order valence-electron chi connectivity index (χ0n) is 8.25. The minimum atomic E-state index is -0.681. The van der Waals surface area contributed by atoms with Crippen molar-refractivity contribution in [1.82, 2.24) is 9.97 Å². The van der Waals surface area contributed by atoms with Crippen molar-refractivity contribution in [2.75, 3.05) is 6.61 Å². The molecule has 0 aliphatic carbocycles. The summed E-state index contributed by atoms with van der Waals surface area (Å²) in [5, 5.41) is 9.06. The average molecular weight is 216 g/mol. The Labute approximate surface area is 90.7 Å². The maximum Gasteiger partial charge on any atom is 0.359 e. The smallest absolute Gasteiger partial charge is 0.359 e. The van der Waals surface area contributed by atoms with Crippen molar-refractivity contribution in [2.45, 2.75) is 6.10 Å². The molecule has 1 aliphatic rings. The third kappa shape index (κ3) is 1.18. The molecule has 80 valence electrons. The van der Waals surface area contributed by atoms with Crippen LogP contribution in [-0.4, -0.2) is 27.7 Å². The van der Waals surface area contributed by atoms with Gasteiger partial charge in [-0.3, -0.25) is 0 Å². The van der Waals surface area contributed by atoms with Gasteiger partial charge in [-0.1, -0.05) is 12.1 Å². The zero-order chi connectivity index (χ0) is 11.1. The van der Waals surface area contributed by atoms with Crippen LogP contribution in [0.4, 0.5) is 0 Å². The van der Waals surface area contributed by atoms with Gasteiger partial charge in [0.1, 0.15) is 5.69 Å². The van der Waals surface area contributed by atoms with Gasteiger partial charge in [0, 0.05) is 0 Å². The molecule has 1 aromatic carbocycles. The van der Waals surface area contributed by atoms with Crippen molar-refractivity contribution >= 4 is 17.0 Å². The van der Waals surface area contributed by atoms with E-state index in [-0.39, 0.29) is 12.3 Å². The predicted octanol–water partition coefficient (Wildman–Crippen LogP) is 0.834. The van der Waals surface area contributed by atoms with Crippen LogP contribution in [0, 0.1) is 0 Å². The van der Waals surface area contributed by atoms with E-state index in [9.17, 15) is 4.79 Å². The molecule has 0 fully saturated rings. The number of aliphatic hydroxyl groups excluding tert-OH is 1. The molecule has 0 saturated heterocycles. The number of rotatable bonds is 1. The molecule has 0 bridgehead atoms. The number of hydrogen-bond donors (Lipinski definition) is 1. The number of aromatic nitrogens is 2. The van der Waals surface area contributed by atoms with Crippen LogP contribution in [0.25, 0.3) is 11.0 Å². The Balaban J connectivity index is 2.29. The van der Waals surface area contributed by atoms with E-state index in [1.165, 1.54) is 0 Å². The predicted molar refractivity (Wildman–Crippen MR) is 54.8 cm³/mol. The number of esters is 1. The summed E-state index contributed by atoms with van der Waals surface area (Å²) in [6.07, 6.45) is -0.681. The lowest BCUT2D eigenvalue weighted by Gasteiger charge is -2.04. The highest BCUT2D eigenvalue weighted by Crippen LogP contribution is 2.28. The Morgan fingerprint density at radius 1 is 1.25 bits per heavy atom. The van der Waals surface area contributed by atoms with Crippen molar-refractivity contribution in [3.05, 3.63) is 35.7 Å². The lowest BCUT2D eigenvalue weighted by Crippen LogP contribution is -2.04. The monoisotopic (exact) mass is 216 g/mol. The fourth-order valence-electron chi connectivity index (χ4n) is 1.75. The number of nitrogens with zero attached hydrogens (tertiary/aromatic N) is 2. The largest absolute Gasteiger partial charge is 0.448 e. The summed E-state index contributed by atoms with van der Waals surface area (Å²) in [6, 6.07) is 7.25. The van der Waals surface area contributed by atoms with Gasteiger partial charge in [0.25, 0.3) is 0 Å². The summed E-state index contributed by atoms with van der Waals surface area (Å²) in [6.45, 7) is -0.272. The minimum Gasteiger partial charge on any atom is -0.448 e. The molecular weight excluding hydrogens is 208 g/mol. The fourth-order valence-corrected chi connectivity index (χ4v) is 1.75. The van der Waals surface area contributed by atoms with E-state index in [4.69, 9.17) is 9.84 Å². The molecular formula is C11H8N2O3. The summed E-state index contributed by atoms with van der Waals surface area (Å²) in [4.78, 5) is 19.9. The van der Waals surface area contributed by atoms with Gasteiger partial charge in [0.2, 0.25) is 0 Å². The first-order valence-electron chi connectivity index (χ1n) is 4.88. The van der Waals surface area contributed by atoms with Gasteiger partial charge in [0.05, 0.1) is 17.6 Å². The Hall–Kier alpha value is -2.01. The van der Waals surface area contributed by atoms with Crippen molar-refractivity contribution in [1.29, 1.82) is 0 Å². The third-order valence-electron chi connectivity index (χ3n) is 2.51. The number of ether oxygens (including phenoxy) is 1. The molecule has 3 rings (SSSR count). The number of carbonyl (C=O) groups excluding carboxylic acids is 1. The summed E-state index contributed by atoms with van der Waals surface area (Å²) in [5.41, 5.74) is 1.97. The van der Waals surface area contributed by atoms with Gasteiger partial charge >= 0.3 is 5.97 Å². The lowest BCUT2D eigenvalue weighted by atomic mass is 10.2. The molecule has 0 amide bonds. The van der Waals surface area contributed by atoms with Crippen LogP contribution in [-0.2, 0) is 4.74 Å². The van der Waals surface area contributed by atoms with Gasteiger partial charge in [-0.25, -0.2) is 14.8 Å². The molecule has 1 atom stereocenters. The first kappa shape index (κ1) is 9.23. The second-order valence-electron chi connectivity index (χ2n) is 3.52. The average Bonchev–Trinajstić information content (AvgIpc) is 2.63. The number of fused-ring (bicyclic) bond motifs is 2. The summed E-state index contributed by atoms with van der Waals surface area (Å²) in [7, 11) is 0. The van der Waals surface area contributed by atoms with Crippen molar-refractivity contribution in [2.24, 2.45) is 0 Å². The second kappa shape index (κ2) is 3.24. The van der Waals surface area contributed by atoms with E-state index < -0.39 is 12.1 Å². The Bertz CT molecular complexity index is 582. The highest BCUT2D eigenvalue weighted by atomic mass is 16.6. The van der Waals surface area contributed by atoms with Crippen LogP contribution in [0.15, 0.2) is 24.3 Å². The second-order valence-corrected chi connectivity index (χ2v) is 3.52. The molecule has 1 aliphatic heterocycles. The van der Waals surface area contributed by atoms with Gasteiger partial charge < -0.3 is 9.84 Å². The highest BCUT2D eigenvalue weighted by molar-refractivity contribution is 5.93. The summed E-state index contributed by atoms with van der Waals surface area (Å²) in [5.74, 6) is -0.521. The molecule has 5 nitrogen and oxygen atoms in total. The third-order valence-corrected chi connectivity index (χ3v) is 2.51. The molecule has 2 aromatic rings. The summed E-state index contributed by atoms with van der Waals surface area (Å²) >= 11 is 0.